The third-order valence-electron chi connectivity index (χ3n) is 5.80. The van der Waals surface area contributed by atoms with Crippen molar-refractivity contribution in [3.8, 4) is 0 Å². The van der Waals surface area contributed by atoms with Gasteiger partial charge in [-0.15, -0.1) is 0 Å². The van der Waals surface area contributed by atoms with Crippen molar-refractivity contribution < 1.29 is 4.79 Å². The zero-order chi connectivity index (χ0) is 21.0. The second-order valence-electron chi connectivity index (χ2n) is 7.94. The van der Waals surface area contributed by atoms with E-state index in [0.29, 0.717) is 12.1 Å². The maximum atomic E-state index is 12.7. The highest BCUT2D eigenvalue weighted by Crippen LogP contribution is 2.37. The number of carbonyl (C=O) groups is 1. The molecule has 0 spiro atoms. The zero-order valence-corrected chi connectivity index (χ0v) is 17.4. The summed E-state index contributed by atoms with van der Waals surface area (Å²) in [7, 11) is 0. The van der Waals surface area contributed by atoms with Crippen molar-refractivity contribution >= 4 is 23.1 Å². The van der Waals surface area contributed by atoms with Gasteiger partial charge in [-0.1, -0.05) is 30.3 Å². The zero-order valence-electron chi connectivity index (χ0n) is 17.4. The molecule has 31 heavy (non-hydrogen) atoms. The van der Waals surface area contributed by atoms with E-state index in [0.717, 1.165) is 43.3 Å². The van der Waals surface area contributed by atoms with E-state index in [4.69, 9.17) is 4.99 Å². The van der Waals surface area contributed by atoms with Crippen LogP contribution in [0.25, 0.3) is 0 Å². The van der Waals surface area contributed by atoms with Crippen LogP contribution in [0.5, 0.6) is 0 Å². The highest BCUT2D eigenvalue weighted by atomic mass is 16.1. The minimum atomic E-state index is -0.0701. The van der Waals surface area contributed by atoms with E-state index in [1.807, 2.05) is 35.0 Å². The van der Waals surface area contributed by atoms with Crippen LogP contribution in [0, 0.1) is 0 Å². The lowest BCUT2D eigenvalue weighted by atomic mass is 10.00. The number of nitrogens with zero attached hydrogens (tertiary/aromatic N) is 4. The molecule has 2 aromatic carbocycles. The van der Waals surface area contributed by atoms with E-state index in [9.17, 15) is 4.79 Å². The summed E-state index contributed by atoms with van der Waals surface area (Å²) in [5.74, 6) is 0.960. The largest absolute Gasteiger partial charge is 0.370 e. The smallest absolute Gasteiger partial charge is 0.251 e. The molecule has 5 rings (SSSR count). The number of fused-ring (bicyclic) bond motifs is 1. The van der Waals surface area contributed by atoms with E-state index < -0.39 is 0 Å². The summed E-state index contributed by atoms with van der Waals surface area (Å²) in [4.78, 5) is 24.0. The van der Waals surface area contributed by atoms with E-state index in [2.05, 4.69) is 44.8 Å². The molecule has 1 saturated heterocycles. The van der Waals surface area contributed by atoms with Crippen molar-refractivity contribution in [3.63, 3.8) is 0 Å². The highest BCUT2D eigenvalue weighted by molar-refractivity contribution is 6.00. The number of carbonyl (C=O) groups excluding carboxylic acids is 1. The predicted octanol–water partition coefficient (Wildman–Crippen LogP) is 3.61. The monoisotopic (exact) mass is 414 g/mol. The van der Waals surface area contributed by atoms with Crippen LogP contribution in [0.2, 0.25) is 0 Å². The lowest BCUT2D eigenvalue weighted by Crippen LogP contribution is -2.47. The Hall–Kier alpha value is -3.61. The van der Waals surface area contributed by atoms with Crippen molar-refractivity contribution in [1.82, 2.24) is 19.8 Å². The number of hydrogen-bond acceptors (Lipinski definition) is 5. The van der Waals surface area contributed by atoms with Gasteiger partial charge in [0.2, 0.25) is 0 Å². The number of amides is 1. The number of aromatic nitrogens is 2. The van der Waals surface area contributed by atoms with Crippen LogP contribution in [0.1, 0.15) is 34.8 Å². The SMILES string of the molecule is O=C(NCCCn1ccnc1)c1ccc2c(c1)N=C(N1CCC1)C(c1ccccc1)N2. The molecule has 1 unspecified atom stereocenters. The minimum absolute atomic E-state index is 0.0249. The molecule has 2 aliphatic heterocycles. The summed E-state index contributed by atoms with van der Waals surface area (Å²) < 4.78 is 2.01. The summed E-state index contributed by atoms with van der Waals surface area (Å²) in [5, 5.41) is 6.64. The Morgan fingerprint density at radius 1 is 1.16 bits per heavy atom. The first-order chi connectivity index (χ1) is 15.3. The van der Waals surface area contributed by atoms with E-state index in [-0.39, 0.29) is 11.9 Å². The van der Waals surface area contributed by atoms with Gasteiger partial charge in [-0.25, -0.2) is 9.98 Å². The molecule has 2 aliphatic rings. The Bertz CT molecular complexity index is 1070. The molecule has 2 N–H and O–H groups in total. The first-order valence-corrected chi connectivity index (χ1v) is 10.8. The van der Waals surface area contributed by atoms with Crippen LogP contribution in [0.15, 0.2) is 72.2 Å². The Morgan fingerprint density at radius 2 is 2.03 bits per heavy atom. The fourth-order valence-electron chi connectivity index (χ4n) is 3.96. The van der Waals surface area contributed by atoms with Crippen LogP contribution < -0.4 is 10.6 Å². The third-order valence-corrected chi connectivity index (χ3v) is 5.80. The summed E-state index contributed by atoms with van der Waals surface area (Å²) >= 11 is 0. The van der Waals surface area contributed by atoms with Crippen molar-refractivity contribution in [1.29, 1.82) is 0 Å². The van der Waals surface area contributed by atoms with Gasteiger partial charge in [-0.3, -0.25) is 4.79 Å². The van der Waals surface area contributed by atoms with Gasteiger partial charge < -0.3 is 20.1 Å². The van der Waals surface area contributed by atoms with Crippen molar-refractivity contribution in [2.75, 3.05) is 25.0 Å². The minimum Gasteiger partial charge on any atom is -0.370 e. The molecule has 3 aromatic rings. The van der Waals surface area contributed by atoms with Gasteiger partial charge >= 0.3 is 0 Å². The highest BCUT2D eigenvalue weighted by Gasteiger charge is 2.31. The summed E-state index contributed by atoms with van der Waals surface area (Å²) in [5.41, 5.74) is 3.60. The fraction of sp³-hybridized carbons (Fsp3) is 0.292. The second kappa shape index (κ2) is 8.63. The Balaban J connectivity index is 1.30. The number of imidazole rings is 1. The molecule has 3 heterocycles. The molecule has 7 heteroatoms. The number of anilines is 1. The van der Waals surface area contributed by atoms with Crippen LogP contribution in [-0.4, -0.2) is 45.8 Å². The molecular formula is C24H26N6O. The van der Waals surface area contributed by atoms with Crippen molar-refractivity contribution in [2.24, 2.45) is 4.99 Å². The molecule has 1 fully saturated rings. The fourth-order valence-corrected chi connectivity index (χ4v) is 3.96. The Kier molecular flexibility index (Phi) is 5.39. The van der Waals surface area contributed by atoms with Crippen LogP contribution >= 0.6 is 0 Å². The van der Waals surface area contributed by atoms with Crippen LogP contribution in [0.4, 0.5) is 11.4 Å². The number of amidine groups is 1. The molecule has 158 valence electrons. The Morgan fingerprint density at radius 3 is 2.77 bits per heavy atom. The first-order valence-electron chi connectivity index (χ1n) is 10.8. The Labute approximate surface area is 181 Å². The standard InChI is InChI=1S/C24H26N6O/c31-24(26-10-4-12-29-15-11-25-17-29)19-8-9-20-21(16-19)28-23(30-13-5-14-30)22(27-20)18-6-2-1-3-7-18/h1-3,6-9,11,15-17,22,27H,4-5,10,12-14H2,(H,26,31). The van der Waals surface area contributed by atoms with E-state index in [1.54, 1.807) is 12.5 Å². The molecule has 0 radical (unpaired) electrons. The van der Waals surface area contributed by atoms with Gasteiger partial charge in [0.1, 0.15) is 11.9 Å². The average Bonchev–Trinajstić information content (AvgIpc) is 3.29. The van der Waals surface area contributed by atoms with Gasteiger partial charge in [0, 0.05) is 44.1 Å². The number of rotatable bonds is 6. The van der Waals surface area contributed by atoms with Gasteiger partial charge in [0.15, 0.2) is 0 Å². The number of nitrogens with one attached hydrogen (secondary N) is 2. The van der Waals surface area contributed by atoms with Gasteiger partial charge in [-0.05, 0) is 36.6 Å². The molecule has 1 aromatic heterocycles. The number of aliphatic imine (C=N–C) groups is 1. The lowest BCUT2D eigenvalue weighted by molar-refractivity contribution is 0.0953. The summed E-state index contributed by atoms with van der Waals surface area (Å²) in [6.07, 6.45) is 7.51. The van der Waals surface area contributed by atoms with Gasteiger partial charge in [0.05, 0.1) is 17.7 Å². The predicted molar refractivity (Wildman–Crippen MR) is 122 cm³/mol. The summed E-state index contributed by atoms with van der Waals surface area (Å²) in [6.45, 7) is 3.50. The molecule has 1 amide bonds. The maximum absolute atomic E-state index is 12.7. The molecular weight excluding hydrogens is 388 g/mol. The molecule has 7 nitrogen and oxygen atoms in total. The third kappa shape index (κ3) is 4.17. The molecule has 0 aliphatic carbocycles. The van der Waals surface area contributed by atoms with Crippen molar-refractivity contribution in [2.45, 2.75) is 25.4 Å². The van der Waals surface area contributed by atoms with Crippen molar-refractivity contribution in [3.05, 3.63) is 78.4 Å². The topological polar surface area (TPSA) is 74.5 Å². The number of likely N-dealkylation sites (tertiary alicyclic amines) is 1. The number of hydrogen-bond donors (Lipinski definition) is 2. The lowest BCUT2D eigenvalue weighted by Gasteiger charge is -2.40. The van der Waals surface area contributed by atoms with Crippen LogP contribution in [-0.2, 0) is 6.54 Å². The van der Waals surface area contributed by atoms with E-state index in [1.165, 1.54) is 12.0 Å². The first kappa shape index (κ1) is 19.4. The quantitative estimate of drug-likeness (QED) is 0.605. The molecule has 0 saturated carbocycles. The average molecular weight is 415 g/mol. The van der Waals surface area contributed by atoms with Crippen LogP contribution in [0.3, 0.4) is 0 Å². The van der Waals surface area contributed by atoms with E-state index >= 15 is 0 Å². The number of benzene rings is 2. The van der Waals surface area contributed by atoms with Gasteiger partial charge in [-0.2, -0.15) is 0 Å². The molecule has 0 bridgehead atoms. The molecule has 1 atom stereocenters. The normalized spacial score (nSPS) is 17.2. The second-order valence-corrected chi connectivity index (χ2v) is 7.94. The van der Waals surface area contributed by atoms with Gasteiger partial charge in [0.25, 0.3) is 5.91 Å². The number of aryl methyl sites for hydroxylation is 1. The maximum Gasteiger partial charge on any atom is 0.251 e. The summed E-state index contributed by atoms with van der Waals surface area (Å²) in [6, 6.07) is 16.1.